The summed E-state index contributed by atoms with van der Waals surface area (Å²) < 4.78 is 5.20. The van der Waals surface area contributed by atoms with Gasteiger partial charge >= 0.3 is 0 Å². The smallest absolute Gasteiger partial charge is 0.246 e. The standard InChI is InChI=1S/C20H20N6O2/c27-20(9-6-16-4-3-15-28-16)26-13-11-25(12-14-26)19-8-7-18(23-24-19)22-17-5-1-2-10-21-17/h1-10,15H,11-14H2,(H,21,22,23)/b9-6+. The van der Waals surface area contributed by atoms with Gasteiger partial charge in [0.1, 0.15) is 11.6 Å². The third-order valence-electron chi connectivity index (χ3n) is 4.42. The molecular formula is C20H20N6O2. The van der Waals surface area contributed by atoms with Gasteiger partial charge in [0, 0.05) is 38.5 Å². The molecule has 1 aliphatic heterocycles. The van der Waals surface area contributed by atoms with Crippen LogP contribution >= 0.6 is 0 Å². The third kappa shape index (κ3) is 4.35. The number of rotatable bonds is 5. The quantitative estimate of drug-likeness (QED) is 0.685. The van der Waals surface area contributed by atoms with E-state index in [2.05, 4.69) is 25.4 Å². The minimum atomic E-state index is -0.0166. The van der Waals surface area contributed by atoms with Crippen LogP contribution in [0.2, 0.25) is 0 Å². The zero-order chi connectivity index (χ0) is 19.2. The highest BCUT2D eigenvalue weighted by atomic mass is 16.3. The lowest BCUT2D eigenvalue weighted by molar-refractivity contribution is -0.126. The van der Waals surface area contributed by atoms with Crippen molar-refractivity contribution in [1.29, 1.82) is 0 Å². The van der Waals surface area contributed by atoms with E-state index in [1.165, 1.54) is 0 Å². The number of piperazine rings is 1. The van der Waals surface area contributed by atoms with Crippen LogP contribution in [-0.4, -0.2) is 52.2 Å². The van der Waals surface area contributed by atoms with Crippen LogP contribution < -0.4 is 10.2 Å². The number of aromatic nitrogens is 3. The zero-order valence-corrected chi connectivity index (χ0v) is 15.2. The molecule has 0 unspecified atom stereocenters. The van der Waals surface area contributed by atoms with Crippen molar-refractivity contribution < 1.29 is 9.21 Å². The summed E-state index contributed by atoms with van der Waals surface area (Å²) in [6.45, 7) is 2.69. The maximum atomic E-state index is 12.3. The van der Waals surface area contributed by atoms with Gasteiger partial charge < -0.3 is 19.5 Å². The molecule has 8 nitrogen and oxygen atoms in total. The highest BCUT2D eigenvalue weighted by Gasteiger charge is 2.20. The number of nitrogens with zero attached hydrogens (tertiary/aromatic N) is 5. The van der Waals surface area contributed by atoms with Crippen LogP contribution in [0, 0.1) is 0 Å². The Morgan fingerprint density at radius 1 is 1.00 bits per heavy atom. The Morgan fingerprint density at radius 3 is 2.57 bits per heavy atom. The van der Waals surface area contributed by atoms with Gasteiger partial charge in [-0.1, -0.05) is 6.07 Å². The summed E-state index contributed by atoms with van der Waals surface area (Å²) in [5, 5.41) is 11.6. The van der Waals surface area contributed by atoms with Crippen LogP contribution in [0.25, 0.3) is 6.08 Å². The summed E-state index contributed by atoms with van der Waals surface area (Å²) in [7, 11) is 0. The molecule has 28 heavy (non-hydrogen) atoms. The van der Waals surface area contributed by atoms with Gasteiger partial charge in [-0.3, -0.25) is 4.79 Å². The molecule has 1 N–H and O–H groups in total. The van der Waals surface area contributed by atoms with E-state index in [-0.39, 0.29) is 5.91 Å². The van der Waals surface area contributed by atoms with Gasteiger partial charge in [0.15, 0.2) is 11.6 Å². The van der Waals surface area contributed by atoms with Crippen molar-refractivity contribution in [3.63, 3.8) is 0 Å². The van der Waals surface area contributed by atoms with Crippen LogP contribution in [0.5, 0.6) is 0 Å². The molecule has 0 bridgehead atoms. The van der Waals surface area contributed by atoms with Gasteiger partial charge in [0.05, 0.1) is 6.26 Å². The van der Waals surface area contributed by atoms with Gasteiger partial charge in [-0.15, -0.1) is 10.2 Å². The number of carbonyl (C=O) groups is 1. The largest absolute Gasteiger partial charge is 0.465 e. The molecule has 1 fully saturated rings. The average molecular weight is 376 g/mol. The number of pyridine rings is 1. The van der Waals surface area contributed by atoms with E-state index in [0.717, 1.165) is 11.6 Å². The average Bonchev–Trinajstić information content (AvgIpc) is 3.27. The molecule has 0 spiro atoms. The van der Waals surface area contributed by atoms with Gasteiger partial charge in [0.25, 0.3) is 0 Å². The van der Waals surface area contributed by atoms with Crippen molar-refractivity contribution in [3.8, 4) is 0 Å². The predicted octanol–water partition coefficient (Wildman–Crippen LogP) is 2.57. The van der Waals surface area contributed by atoms with Gasteiger partial charge in [-0.25, -0.2) is 4.98 Å². The fraction of sp³-hybridized carbons (Fsp3) is 0.200. The summed E-state index contributed by atoms with van der Waals surface area (Å²) in [5.41, 5.74) is 0. The molecule has 3 aromatic rings. The van der Waals surface area contributed by atoms with E-state index in [4.69, 9.17) is 4.42 Å². The molecule has 1 amide bonds. The normalized spacial score (nSPS) is 14.4. The van der Waals surface area contributed by atoms with E-state index >= 15 is 0 Å². The van der Waals surface area contributed by atoms with Gasteiger partial charge in [0.2, 0.25) is 5.91 Å². The molecule has 0 saturated carbocycles. The fourth-order valence-electron chi connectivity index (χ4n) is 2.93. The van der Waals surface area contributed by atoms with Crippen LogP contribution in [-0.2, 0) is 4.79 Å². The number of nitrogens with one attached hydrogen (secondary N) is 1. The van der Waals surface area contributed by atoms with Crippen molar-refractivity contribution in [3.05, 3.63) is 66.8 Å². The second kappa shape index (κ2) is 8.34. The van der Waals surface area contributed by atoms with Crippen molar-refractivity contribution in [1.82, 2.24) is 20.1 Å². The van der Waals surface area contributed by atoms with Gasteiger partial charge in [-0.05, 0) is 42.5 Å². The number of hydrogen-bond acceptors (Lipinski definition) is 7. The molecule has 4 rings (SSSR count). The minimum Gasteiger partial charge on any atom is -0.465 e. The Kier molecular flexibility index (Phi) is 5.28. The molecule has 0 radical (unpaired) electrons. The molecule has 4 heterocycles. The first-order valence-corrected chi connectivity index (χ1v) is 9.05. The molecular weight excluding hydrogens is 356 g/mol. The predicted molar refractivity (Wildman–Crippen MR) is 106 cm³/mol. The first kappa shape index (κ1) is 17.7. The topological polar surface area (TPSA) is 87.4 Å². The first-order valence-electron chi connectivity index (χ1n) is 9.05. The molecule has 3 aromatic heterocycles. The number of anilines is 3. The first-order chi connectivity index (χ1) is 13.8. The highest BCUT2D eigenvalue weighted by Crippen LogP contribution is 2.16. The minimum absolute atomic E-state index is 0.0166. The summed E-state index contributed by atoms with van der Waals surface area (Å²) in [6, 6.07) is 13.0. The van der Waals surface area contributed by atoms with E-state index in [1.807, 2.05) is 41.3 Å². The van der Waals surface area contributed by atoms with Crippen molar-refractivity contribution in [2.45, 2.75) is 0 Å². The van der Waals surface area contributed by atoms with Crippen LogP contribution in [0.15, 0.2) is 65.4 Å². The molecule has 1 aliphatic rings. The Hall–Kier alpha value is -3.68. The lowest BCUT2D eigenvalue weighted by Gasteiger charge is -2.34. The molecule has 0 atom stereocenters. The van der Waals surface area contributed by atoms with E-state index < -0.39 is 0 Å². The molecule has 142 valence electrons. The van der Waals surface area contributed by atoms with Crippen LogP contribution in [0.3, 0.4) is 0 Å². The second-order valence-electron chi connectivity index (χ2n) is 6.28. The number of furan rings is 1. The van der Waals surface area contributed by atoms with Gasteiger partial charge in [-0.2, -0.15) is 0 Å². The molecule has 1 saturated heterocycles. The van der Waals surface area contributed by atoms with Crippen molar-refractivity contribution >= 4 is 29.4 Å². The van der Waals surface area contributed by atoms with E-state index in [9.17, 15) is 4.79 Å². The third-order valence-corrected chi connectivity index (χ3v) is 4.42. The zero-order valence-electron chi connectivity index (χ0n) is 15.2. The maximum Gasteiger partial charge on any atom is 0.246 e. The number of hydrogen-bond donors (Lipinski definition) is 1. The monoisotopic (exact) mass is 376 g/mol. The summed E-state index contributed by atoms with van der Waals surface area (Å²) in [5.74, 6) is 2.81. The Morgan fingerprint density at radius 2 is 1.89 bits per heavy atom. The molecule has 0 aromatic carbocycles. The maximum absolute atomic E-state index is 12.3. The van der Waals surface area contributed by atoms with Crippen LogP contribution in [0.4, 0.5) is 17.5 Å². The van der Waals surface area contributed by atoms with Crippen molar-refractivity contribution in [2.24, 2.45) is 0 Å². The fourth-order valence-corrected chi connectivity index (χ4v) is 2.93. The Balaban J connectivity index is 1.30. The summed E-state index contributed by atoms with van der Waals surface area (Å²) in [6.07, 6.45) is 6.54. The lowest BCUT2D eigenvalue weighted by Crippen LogP contribution is -2.48. The number of amides is 1. The lowest BCUT2D eigenvalue weighted by atomic mass is 10.3. The SMILES string of the molecule is O=C(/C=C/c1ccco1)N1CCN(c2ccc(Nc3ccccn3)nn2)CC1. The molecule has 0 aliphatic carbocycles. The van der Waals surface area contributed by atoms with Crippen LogP contribution in [0.1, 0.15) is 5.76 Å². The van der Waals surface area contributed by atoms with E-state index in [1.54, 1.807) is 30.7 Å². The number of carbonyl (C=O) groups excluding carboxylic acids is 1. The summed E-state index contributed by atoms with van der Waals surface area (Å²) in [4.78, 5) is 20.4. The Labute approximate surface area is 162 Å². The summed E-state index contributed by atoms with van der Waals surface area (Å²) >= 11 is 0. The van der Waals surface area contributed by atoms with Crippen molar-refractivity contribution in [2.75, 3.05) is 36.4 Å². The highest BCUT2D eigenvalue weighted by molar-refractivity contribution is 5.91. The second-order valence-corrected chi connectivity index (χ2v) is 6.28. The Bertz CT molecular complexity index is 917. The molecule has 8 heteroatoms. The van der Waals surface area contributed by atoms with E-state index in [0.29, 0.717) is 37.8 Å².